The first-order chi connectivity index (χ1) is 12.9. The summed E-state index contributed by atoms with van der Waals surface area (Å²) < 4.78 is 31.2. The van der Waals surface area contributed by atoms with Gasteiger partial charge in [0.1, 0.15) is 0 Å². The van der Waals surface area contributed by atoms with E-state index < -0.39 is 11.0 Å². The van der Waals surface area contributed by atoms with E-state index in [-0.39, 0.29) is 5.91 Å². The van der Waals surface area contributed by atoms with Gasteiger partial charge in [-0.2, -0.15) is 8.78 Å². The number of amides is 1. The van der Waals surface area contributed by atoms with Crippen LogP contribution < -0.4 is 11.2 Å². The molecule has 0 bridgehead atoms. The van der Waals surface area contributed by atoms with E-state index in [4.69, 9.17) is 10.3 Å². The molecule has 142 valence electrons. The molecule has 0 aliphatic carbocycles. The minimum atomic E-state index is -2.48. The van der Waals surface area contributed by atoms with Gasteiger partial charge in [-0.25, -0.2) is 4.68 Å². The van der Waals surface area contributed by atoms with Crippen molar-refractivity contribution in [2.75, 3.05) is 11.2 Å². The number of nitrogens with two attached hydrogens (primary N) is 1. The van der Waals surface area contributed by atoms with Crippen LogP contribution in [0.3, 0.4) is 0 Å². The van der Waals surface area contributed by atoms with Crippen molar-refractivity contribution in [1.82, 2.24) is 14.9 Å². The van der Waals surface area contributed by atoms with Gasteiger partial charge in [-0.15, -0.1) is 10.2 Å². The highest BCUT2D eigenvalue weighted by Gasteiger charge is 2.21. The number of halogens is 2. The zero-order chi connectivity index (χ0) is 19.4. The SMILES string of the molecule is C[C@H](Sc1nnc(-c2ccco2)n1N)C(=O)Nc1ccc(SC(F)F)cc1. The Labute approximate surface area is 161 Å². The van der Waals surface area contributed by atoms with Crippen molar-refractivity contribution in [2.24, 2.45) is 0 Å². The van der Waals surface area contributed by atoms with Gasteiger partial charge in [-0.3, -0.25) is 4.79 Å². The zero-order valence-corrected chi connectivity index (χ0v) is 15.6. The van der Waals surface area contributed by atoms with E-state index in [1.807, 2.05) is 0 Å². The van der Waals surface area contributed by atoms with Crippen molar-refractivity contribution >= 4 is 35.1 Å². The van der Waals surface area contributed by atoms with Crippen LogP contribution in [-0.4, -0.2) is 31.8 Å². The monoisotopic (exact) mass is 411 g/mol. The van der Waals surface area contributed by atoms with E-state index >= 15 is 0 Å². The Morgan fingerprint density at radius 1 is 1.22 bits per heavy atom. The molecule has 1 aromatic carbocycles. The molecule has 0 fully saturated rings. The summed E-state index contributed by atoms with van der Waals surface area (Å²) in [7, 11) is 0. The average molecular weight is 411 g/mol. The minimum Gasteiger partial charge on any atom is -0.461 e. The van der Waals surface area contributed by atoms with Crippen LogP contribution in [0.1, 0.15) is 6.92 Å². The number of furan rings is 1. The lowest BCUT2D eigenvalue weighted by atomic mass is 10.3. The third kappa shape index (κ3) is 4.80. The lowest BCUT2D eigenvalue weighted by Crippen LogP contribution is -2.23. The summed E-state index contributed by atoms with van der Waals surface area (Å²) in [6.07, 6.45) is 1.50. The van der Waals surface area contributed by atoms with Gasteiger partial charge in [-0.1, -0.05) is 23.5 Å². The van der Waals surface area contributed by atoms with Crippen molar-refractivity contribution in [3.05, 3.63) is 42.7 Å². The highest BCUT2D eigenvalue weighted by molar-refractivity contribution is 8.00. The number of carbonyl (C=O) groups excluding carboxylic acids is 1. The third-order valence-corrected chi connectivity index (χ3v) is 5.18. The first-order valence-electron chi connectivity index (χ1n) is 7.71. The van der Waals surface area contributed by atoms with E-state index in [1.165, 1.54) is 23.1 Å². The molecule has 0 spiro atoms. The van der Waals surface area contributed by atoms with Crippen LogP contribution in [0.2, 0.25) is 0 Å². The maximum atomic E-state index is 12.4. The lowest BCUT2D eigenvalue weighted by Gasteiger charge is -2.11. The van der Waals surface area contributed by atoms with Crippen LogP contribution in [-0.2, 0) is 4.79 Å². The molecule has 0 unspecified atom stereocenters. The summed E-state index contributed by atoms with van der Waals surface area (Å²) in [5.41, 5.74) is 0.511. The van der Waals surface area contributed by atoms with Gasteiger partial charge in [0.15, 0.2) is 5.76 Å². The largest absolute Gasteiger partial charge is 0.461 e. The molecule has 0 saturated carbocycles. The fraction of sp³-hybridized carbons (Fsp3) is 0.188. The van der Waals surface area contributed by atoms with Crippen LogP contribution >= 0.6 is 23.5 Å². The summed E-state index contributed by atoms with van der Waals surface area (Å²) in [6.45, 7) is 1.70. The van der Waals surface area contributed by atoms with Crippen molar-refractivity contribution in [3.63, 3.8) is 0 Å². The second-order valence-electron chi connectivity index (χ2n) is 5.31. The number of thioether (sulfide) groups is 2. The van der Waals surface area contributed by atoms with E-state index in [0.717, 1.165) is 11.8 Å². The van der Waals surface area contributed by atoms with Crippen LogP contribution in [0.4, 0.5) is 14.5 Å². The second-order valence-corrected chi connectivity index (χ2v) is 7.68. The Hall–Kier alpha value is -2.53. The van der Waals surface area contributed by atoms with Gasteiger partial charge in [0, 0.05) is 10.6 Å². The zero-order valence-electron chi connectivity index (χ0n) is 14.0. The highest BCUT2D eigenvalue weighted by atomic mass is 32.2. The molecule has 3 rings (SSSR count). The number of nitrogen functional groups attached to an aromatic ring is 1. The number of alkyl halides is 2. The Morgan fingerprint density at radius 2 is 1.96 bits per heavy atom. The summed E-state index contributed by atoms with van der Waals surface area (Å²) >= 11 is 1.58. The molecule has 27 heavy (non-hydrogen) atoms. The van der Waals surface area contributed by atoms with E-state index in [1.54, 1.807) is 31.2 Å². The van der Waals surface area contributed by atoms with Crippen LogP contribution in [0, 0.1) is 0 Å². The molecule has 11 heteroatoms. The predicted molar refractivity (Wildman–Crippen MR) is 100 cm³/mol. The summed E-state index contributed by atoms with van der Waals surface area (Å²) in [5.74, 6) is 4.02. The number of carbonyl (C=O) groups is 1. The van der Waals surface area contributed by atoms with Crippen molar-refractivity contribution in [2.45, 2.75) is 28.0 Å². The van der Waals surface area contributed by atoms with Gasteiger partial charge in [0.25, 0.3) is 5.76 Å². The lowest BCUT2D eigenvalue weighted by molar-refractivity contribution is -0.115. The molecule has 0 radical (unpaired) electrons. The van der Waals surface area contributed by atoms with Gasteiger partial charge >= 0.3 is 0 Å². The summed E-state index contributed by atoms with van der Waals surface area (Å²) in [5, 5.41) is 10.5. The Balaban J connectivity index is 1.61. The molecule has 0 aliphatic rings. The van der Waals surface area contributed by atoms with Crippen molar-refractivity contribution < 1.29 is 18.0 Å². The van der Waals surface area contributed by atoms with Crippen molar-refractivity contribution in [3.8, 4) is 11.6 Å². The number of benzene rings is 1. The number of hydrogen-bond acceptors (Lipinski definition) is 7. The maximum absolute atomic E-state index is 12.4. The molecule has 0 aliphatic heterocycles. The fourth-order valence-corrected chi connectivity index (χ4v) is 3.38. The average Bonchev–Trinajstić information content (AvgIpc) is 3.27. The third-order valence-electron chi connectivity index (χ3n) is 3.40. The number of rotatable bonds is 7. The summed E-state index contributed by atoms with van der Waals surface area (Å²) in [6, 6.07) is 9.60. The van der Waals surface area contributed by atoms with Crippen LogP contribution in [0.15, 0.2) is 57.1 Å². The molecular formula is C16H15F2N5O2S2. The fourth-order valence-electron chi connectivity index (χ4n) is 2.11. The summed E-state index contributed by atoms with van der Waals surface area (Å²) in [4.78, 5) is 12.8. The van der Waals surface area contributed by atoms with E-state index in [2.05, 4.69) is 15.5 Å². The van der Waals surface area contributed by atoms with E-state index in [0.29, 0.717) is 39.1 Å². The van der Waals surface area contributed by atoms with Crippen LogP contribution in [0.25, 0.3) is 11.6 Å². The number of aromatic nitrogens is 3. The highest BCUT2D eigenvalue weighted by Crippen LogP contribution is 2.28. The van der Waals surface area contributed by atoms with Crippen molar-refractivity contribution in [1.29, 1.82) is 0 Å². The number of nitrogens with zero attached hydrogens (tertiary/aromatic N) is 3. The first-order valence-corrected chi connectivity index (χ1v) is 9.46. The molecule has 1 atom stereocenters. The number of hydrogen-bond donors (Lipinski definition) is 2. The van der Waals surface area contributed by atoms with Gasteiger partial charge < -0.3 is 15.6 Å². The Kier molecular flexibility index (Phi) is 6.01. The quantitative estimate of drug-likeness (QED) is 0.452. The molecule has 3 N–H and O–H groups in total. The molecule has 2 heterocycles. The molecular weight excluding hydrogens is 396 g/mol. The minimum absolute atomic E-state index is 0.281. The first kappa shape index (κ1) is 19.2. The topological polar surface area (TPSA) is 99.0 Å². The predicted octanol–water partition coefficient (Wildman–Crippen LogP) is 3.69. The Bertz CT molecular complexity index is 900. The molecule has 2 aromatic heterocycles. The number of nitrogens with one attached hydrogen (secondary N) is 1. The van der Waals surface area contributed by atoms with Crippen LogP contribution in [0.5, 0.6) is 0 Å². The second kappa shape index (κ2) is 8.44. The maximum Gasteiger partial charge on any atom is 0.288 e. The number of anilines is 1. The molecule has 7 nitrogen and oxygen atoms in total. The molecule has 3 aromatic rings. The Morgan fingerprint density at radius 3 is 2.59 bits per heavy atom. The molecule has 1 amide bonds. The van der Waals surface area contributed by atoms with Gasteiger partial charge in [0.05, 0.1) is 11.5 Å². The smallest absolute Gasteiger partial charge is 0.288 e. The normalized spacial score (nSPS) is 12.3. The van der Waals surface area contributed by atoms with E-state index in [9.17, 15) is 13.6 Å². The van der Waals surface area contributed by atoms with Gasteiger partial charge in [0.2, 0.25) is 16.9 Å². The molecule has 0 saturated heterocycles. The van der Waals surface area contributed by atoms with Gasteiger partial charge in [-0.05, 0) is 43.3 Å². The standard InChI is InChI=1S/C16H15F2N5O2S2/c1-9(14(24)20-10-4-6-11(7-5-10)27-15(17)18)26-16-22-21-13(23(16)19)12-3-2-8-25-12/h2-9,15H,19H2,1H3,(H,20,24)/t9-/m0/s1.